The minimum Gasteiger partial charge on any atom is -0.508 e. The molecule has 196 valence electrons. The molecule has 0 amide bonds. The molecule has 0 bridgehead atoms. The molecule has 0 spiro atoms. The minimum atomic E-state index is -0.556. The Bertz CT molecular complexity index is 1560. The van der Waals surface area contributed by atoms with E-state index in [4.69, 9.17) is 3.07 Å². The number of aromatic nitrogens is 8. The molecule has 3 aromatic carbocycles. The van der Waals surface area contributed by atoms with Gasteiger partial charge in [0.05, 0.1) is 12.4 Å². The van der Waals surface area contributed by atoms with Crippen LogP contribution in [0.15, 0.2) is 70.9 Å². The highest BCUT2D eigenvalue weighted by atomic mass is 127. The number of nitrogens with zero attached hydrogens (tertiary/aromatic N) is 10. The summed E-state index contributed by atoms with van der Waals surface area (Å²) in [5, 5.41) is 53.0. The fraction of sp³-hybridized carbons (Fsp3) is 0.120. The lowest BCUT2D eigenvalue weighted by Crippen LogP contribution is -2.06. The van der Waals surface area contributed by atoms with Crippen LogP contribution in [0.1, 0.15) is 45.4 Å². The number of benzene rings is 3. The van der Waals surface area contributed by atoms with Crippen molar-refractivity contribution in [2.75, 3.05) is 0 Å². The molecule has 0 aliphatic heterocycles. The van der Waals surface area contributed by atoms with Crippen molar-refractivity contribution in [1.29, 1.82) is 0 Å². The lowest BCUT2D eigenvalue weighted by Gasteiger charge is -2.22. The van der Waals surface area contributed by atoms with E-state index < -0.39 is 5.92 Å². The minimum absolute atomic E-state index is 0.0488. The quantitative estimate of drug-likeness (QED) is 0.148. The first-order chi connectivity index (χ1) is 18.9. The molecule has 2 heterocycles. The van der Waals surface area contributed by atoms with Gasteiger partial charge in [0, 0.05) is 17.0 Å². The van der Waals surface area contributed by atoms with Gasteiger partial charge in [0.2, 0.25) is 0 Å². The van der Waals surface area contributed by atoms with Crippen LogP contribution in [0.5, 0.6) is 17.2 Å². The van der Waals surface area contributed by atoms with Gasteiger partial charge in [0.25, 0.3) is 0 Å². The van der Waals surface area contributed by atoms with Crippen LogP contribution in [0.4, 0.5) is 0 Å². The Morgan fingerprint density at radius 3 is 1.67 bits per heavy atom. The van der Waals surface area contributed by atoms with Crippen molar-refractivity contribution in [3.8, 4) is 17.2 Å². The van der Waals surface area contributed by atoms with Gasteiger partial charge in [0.1, 0.15) is 17.2 Å². The average molecular weight is 636 g/mol. The normalized spacial score (nSPS) is 11.7. The zero-order chi connectivity index (χ0) is 27.4. The molecule has 0 fully saturated rings. The summed E-state index contributed by atoms with van der Waals surface area (Å²) in [5.41, 5.74) is 3.31. The first kappa shape index (κ1) is 25.9. The monoisotopic (exact) mass is 636 g/mol. The van der Waals surface area contributed by atoms with E-state index >= 15 is 0 Å². The summed E-state index contributed by atoms with van der Waals surface area (Å²) in [4.78, 5) is 2.60. The Morgan fingerprint density at radius 1 is 0.769 bits per heavy atom. The van der Waals surface area contributed by atoms with Gasteiger partial charge in [-0.25, -0.2) is 0 Å². The number of hydrogen-bond acceptors (Lipinski definition) is 11. The largest absolute Gasteiger partial charge is 0.508 e. The van der Waals surface area contributed by atoms with E-state index in [0.717, 1.165) is 5.56 Å². The van der Waals surface area contributed by atoms with Gasteiger partial charge in [-0.05, 0) is 99.9 Å². The van der Waals surface area contributed by atoms with Crippen molar-refractivity contribution in [3.63, 3.8) is 0 Å². The molecular weight excluding hydrogens is 615 g/mol. The summed E-state index contributed by atoms with van der Waals surface area (Å²) in [7, 11) is 0. The topological polar surface area (TPSA) is 162 Å². The van der Waals surface area contributed by atoms with Crippen molar-refractivity contribution in [1.82, 2.24) is 40.6 Å². The second kappa shape index (κ2) is 11.3. The lowest BCUT2D eigenvalue weighted by atomic mass is 9.83. The Hall–Kier alpha value is -4.73. The third-order valence-electron chi connectivity index (χ3n) is 5.87. The van der Waals surface area contributed by atoms with Gasteiger partial charge in [-0.2, -0.15) is 10.2 Å². The van der Waals surface area contributed by atoms with Crippen molar-refractivity contribution < 1.29 is 13.3 Å². The number of aryl methyl sites for hydroxylation is 2. The van der Waals surface area contributed by atoms with E-state index in [1.165, 1.54) is 9.58 Å². The molecule has 39 heavy (non-hydrogen) atoms. The van der Waals surface area contributed by atoms with Gasteiger partial charge in [0.15, 0.2) is 34.7 Å². The van der Waals surface area contributed by atoms with Gasteiger partial charge in [-0.15, -0.1) is 19.8 Å². The summed E-state index contributed by atoms with van der Waals surface area (Å²) < 4.78 is 5.30. The Balaban J connectivity index is 1.61. The summed E-state index contributed by atoms with van der Waals surface area (Å²) in [6, 6.07) is 17.6. The molecule has 0 saturated heterocycles. The van der Waals surface area contributed by atoms with Gasteiger partial charge < -0.3 is 13.3 Å². The zero-order valence-corrected chi connectivity index (χ0v) is 22.8. The Labute approximate surface area is 236 Å². The predicted molar refractivity (Wildman–Crippen MR) is 149 cm³/mol. The van der Waals surface area contributed by atoms with Crippen LogP contribution in [0.25, 0.3) is 0 Å². The van der Waals surface area contributed by atoms with Crippen LogP contribution in [0.3, 0.4) is 0 Å². The zero-order valence-electron chi connectivity index (χ0n) is 20.7. The van der Waals surface area contributed by atoms with Crippen molar-refractivity contribution in [2.45, 2.75) is 19.8 Å². The third kappa shape index (κ3) is 5.74. The maximum Gasteiger partial charge on any atom is 0.192 e. The van der Waals surface area contributed by atoms with Gasteiger partial charge >= 0.3 is 0 Å². The third-order valence-corrected chi connectivity index (χ3v) is 6.38. The Kier molecular flexibility index (Phi) is 7.53. The second-order valence-corrected chi connectivity index (χ2v) is 8.88. The van der Waals surface area contributed by atoms with Gasteiger partial charge in [-0.3, -0.25) is 0 Å². The second-order valence-electron chi connectivity index (χ2n) is 8.44. The number of aromatic hydroxyl groups is 2. The molecule has 5 rings (SSSR count). The maximum atomic E-state index is 11.0. The van der Waals surface area contributed by atoms with Crippen LogP contribution in [-0.4, -0.2) is 63.3 Å². The van der Waals surface area contributed by atoms with Crippen LogP contribution < -0.4 is 3.07 Å². The van der Waals surface area contributed by atoms with Gasteiger partial charge in [-0.1, -0.05) is 12.1 Å². The van der Waals surface area contributed by atoms with E-state index in [-0.39, 0.29) is 11.5 Å². The smallest absolute Gasteiger partial charge is 0.192 e. The number of tetrazole rings is 2. The number of phenols is 2. The van der Waals surface area contributed by atoms with Crippen molar-refractivity contribution in [2.24, 2.45) is 10.2 Å². The predicted octanol–water partition coefficient (Wildman–Crippen LogP) is 3.36. The molecule has 0 radical (unpaired) electrons. The molecule has 14 heteroatoms. The molecule has 0 saturated carbocycles. The molecule has 13 nitrogen and oxygen atoms in total. The highest BCUT2D eigenvalue weighted by Gasteiger charge is 2.24. The van der Waals surface area contributed by atoms with E-state index in [9.17, 15) is 10.2 Å². The molecule has 2 aromatic heterocycles. The number of rotatable bonds is 8. The van der Waals surface area contributed by atoms with Crippen LogP contribution in [-0.2, 0) is 0 Å². The van der Waals surface area contributed by atoms with E-state index in [1.54, 1.807) is 62.7 Å². The molecule has 0 atom stereocenters. The summed E-state index contributed by atoms with van der Waals surface area (Å²) in [5.74, 6) is 1.27. The molecule has 0 aliphatic rings. The molecule has 0 aliphatic carbocycles. The SMILES string of the molecule is Cc1nnnn1/N=C/c1ccc(O)c(C(c2ccc(OI)cc2)c2cc(/C=N/n3nnnc3C)ccc2O)c1. The highest BCUT2D eigenvalue weighted by Crippen LogP contribution is 2.41. The van der Waals surface area contributed by atoms with Crippen LogP contribution in [0, 0.1) is 13.8 Å². The first-order valence-corrected chi connectivity index (χ1v) is 12.4. The van der Waals surface area contributed by atoms with Crippen molar-refractivity contribution >= 4 is 35.4 Å². The number of phenolic OH excluding ortho intramolecular Hbond substituents is 2. The lowest BCUT2D eigenvalue weighted by molar-refractivity contribution is 0.458. The molecule has 0 unspecified atom stereocenters. The average Bonchev–Trinajstić information content (AvgIpc) is 3.56. The van der Waals surface area contributed by atoms with Crippen molar-refractivity contribution in [3.05, 3.63) is 100 Å². The highest BCUT2D eigenvalue weighted by molar-refractivity contribution is 14.1. The standard InChI is InChI=1S/C25H21IN10O3/c1-15-29-31-33-35(15)27-13-17-3-9-23(37)21(11-17)25(19-5-7-20(39-26)8-6-19)22-12-18(4-10-24(22)38)14-28-36-16(2)30-32-34-36/h3-14,25,37-38H,1-2H3/b27-13+,28-14+. The van der Waals surface area contributed by atoms with Crippen LogP contribution in [0.2, 0.25) is 0 Å². The number of hydrogen-bond donors (Lipinski definition) is 2. The molecule has 2 N–H and O–H groups in total. The first-order valence-electron chi connectivity index (χ1n) is 11.6. The molecular formula is C25H21IN10O3. The van der Waals surface area contributed by atoms with E-state index in [1.807, 2.05) is 47.3 Å². The summed E-state index contributed by atoms with van der Waals surface area (Å²) in [6.07, 6.45) is 3.18. The van der Waals surface area contributed by atoms with E-state index in [2.05, 4.69) is 41.3 Å². The molecule has 5 aromatic rings. The maximum absolute atomic E-state index is 11.0. The summed E-state index contributed by atoms with van der Waals surface area (Å²) >= 11 is 1.82. The summed E-state index contributed by atoms with van der Waals surface area (Å²) in [6.45, 7) is 3.47. The van der Waals surface area contributed by atoms with E-state index in [0.29, 0.717) is 39.7 Å². The fourth-order valence-corrected chi connectivity index (χ4v) is 4.21. The fourth-order valence-electron chi connectivity index (χ4n) is 3.92. The Morgan fingerprint density at radius 2 is 1.26 bits per heavy atom. The number of halogens is 1. The van der Waals surface area contributed by atoms with Crippen LogP contribution >= 0.6 is 23.0 Å².